The van der Waals surface area contributed by atoms with Crippen LogP contribution >= 0.6 is 12.4 Å². The van der Waals surface area contributed by atoms with Crippen molar-refractivity contribution >= 4 is 18.3 Å². The molecule has 1 amide bonds. The summed E-state index contributed by atoms with van der Waals surface area (Å²) in [4.78, 5) is 11.7. The van der Waals surface area contributed by atoms with E-state index in [-0.39, 0.29) is 18.3 Å². The summed E-state index contributed by atoms with van der Waals surface area (Å²) < 4.78 is 0. The van der Waals surface area contributed by atoms with Crippen LogP contribution in [0.4, 0.5) is 0 Å². The maximum atomic E-state index is 11.7. The average molecular weight is 257 g/mol. The average Bonchev–Trinajstić information content (AvgIpc) is 2.30. The third kappa shape index (κ3) is 5.71. The molecule has 0 aromatic heterocycles. The van der Waals surface area contributed by atoms with Crippen molar-refractivity contribution in [3.63, 3.8) is 0 Å². The lowest BCUT2D eigenvalue weighted by Crippen LogP contribution is -2.24. The minimum Gasteiger partial charge on any atom is -0.352 e. The first-order valence-corrected chi connectivity index (χ1v) is 5.85. The van der Waals surface area contributed by atoms with E-state index in [4.69, 9.17) is 5.73 Å². The number of rotatable bonds is 6. The van der Waals surface area contributed by atoms with Crippen LogP contribution in [-0.4, -0.2) is 19.0 Å². The van der Waals surface area contributed by atoms with Crippen molar-refractivity contribution in [2.75, 3.05) is 13.1 Å². The van der Waals surface area contributed by atoms with Gasteiger partial charge in [0, 0.05) is 12.1 Å². The fraction of sp³-hybridized carbons (Fsp3) is 0.462. The van der Waals surface area contributed by atoms with E-state index in [0.29, 0.717) is 6.54 Å². The highest BCUT2D eigenvalue weighted by Crippen LogP contribution is 2.04. The number of benzene rings is 1. The number of unbranched alkanes of at least 4 members (excludes halogenated alkanes) is 1. The summed E-state index contributed by atoms with van der Waals surface area (Å²) in [5, 5.41) is 2.89. The van der Waals surface area contributed by atoms with Crippen LogP contribution < -0.4 is 11.1 Å². The molecule has 4 heteroatoms. The Hall–Kier alpha value is -1.06. The molecular weight excluding hydrogens is 236 g/mol. The van der Waals surface area contributed by atoms with Gasteiger partial charge in [0.1, 0.15) is 0 Å². The SMILES string of the molecule is CCCCNC(=O)c1ccc(CCN)cc1.Cl. The Labute approximate surface area is 109 Å². The molecule has 1 rings (SSSR count). The Balaban J connectivity index is 0.00000256. The van der Waals surface area contributed by atoms with Gasteiger partial charge in [0.15, 0.2) is 0 Å². The molecular formula is C13H21ClN2O. The van der Waals surface area contributed by atoms with Gasteiger partial charge < -0.3 is 11.1 Å². The van der Waals surface area contributed by atoms with Gasteiger partial charge in [-0.15, -0.1) is 12.4 Å². The van der Waals surface area contributed by atoms with E-state index in [1.54, 1.807) is 0 Å². The zero-order valence-corrected chi connectivity index (χ0v) is 11.1. The molecule has 1 aromatic carbocycles. The fourth-order valence-corrected chi connectivity index (χ4v) is 1.47. The van der Waals surface area contributed by atoms with Crippen LogP contribution in [0.2, 0.25) is 0 Å². The maximum absolute atomic E-state index is 11.7. The van der Waals surface area contributed by atoms with Crippen molar-refractivity contribution in [1.29, 1.82) is 0 Å². The minimum atomic E-state index is 0. The summed E-state index contributed by atoms with van der Waals surface area (Å²) in [6.07, 6.45) is 2.98. The van der Waals surface area contributed by atoms with E-state index in [1.165, 1.54) is 5.56 Å². The second-order valence-electron chi connectivity index (χ2n) is 3.85. The van der Waals surface area contributed by atoms with Gasteiger partial charge in [-0.25, -0.2) is 0 Å². The number of carbonyl (C=O) groups is 1. The third-order valence-corrected chi connectivity index (χ3v) is 2.47. The van der Waals surface area contributed by atoms with E-state index in [0.717, 1.165) is 31.4 Å². The quantitative estimate of drug-likeness (QED) is 0.767. The number of hydrogen-bond acceptors (Lipinski definition) is 2. The molecule has 3 nitrogen and oxygen atoms in total. The summed E-state index contributed by atoms with van der Waals surface area (Å²) >= 11 is 0. The first kappa shape index (κ1) is 15.9. The van der Waals surface area contributed by atoms with Crippen LogP contribution in [0.15, 0.2) is 24.3 Å². The smallest absolute Gasteiger partial charge is 0.251 e. The van der Waals surface area contributed by atoms with E-state index < -0.39 is 0 Å². The second-order valence-corrected chi connectivity index (χ2v) is 3.85. The molecule has 0 unspecified atom stereocenters. The van der Waals surface area contributed by atoms with E-state index >= 15 is 0 Å². The fourth-order valence-electron chi connectivity index (χ4n) is 1.47. The Kier molecular flexibility index (Phi) is 8.46. The monoisotopic (exact) mass is 256 g/mol. The van der Waals surface area contributed by atoms with Gasteiger partial charge >= 0.3 is 0 Å². The van der Waals surface area contributed by atoms with Crippen LogP contribution in [-0.2, 0) is 6.42 Å². The normalized spacial score (nSPS) is 9.53. The molecule has 0 bridgehead atoms. The molecule has 0 aliphatic carbocycles. The van der Waals surface area contributed by atoms with Crippen molar-refractivity contribution < 1.29 is 4.79 Å². The van der Waals surface area contributed by atoms with Gasteiger partial charge in [0.05, 0.1) is 0 Å². The van der Waals surface area contributed by atoms with Gasteiger partial charge in [0.2, 0.25) is 0 Å². The zero-order valence-electron chi connectivity index (χ0n) is 10.2. The van der Waals surface area contributed by atoms with Gasteiger partial charge in [0.25, 0.3) is 5.91 Å². The summed E-state index contributed by atoms with van der Waals surface area (Å²) in [6.45, 7) is 3.50. The van der Waals surface area contributed by atoms with E-state index in [9.17, 15) is 4.79 Å². The molecule has 0 aliphatic heterocycles. The van der Waals surface area contributed by atoms with Gasteiger partial charge in [-0.3, -0.25) is 4.79 Å². The van der Waals surface area contributed by atoms with Crippen LogP contribution in [0.1, 0.15) is 35.7 Å². The largest absolute Gasteiger partial charge is 0.352 e. The molecule has 1 aromatic rings. The second kappa shape index (κ2) is 9.02. The standard InChI is InChI=1S/C13H20N2O.ClH/c1-2-3-10-15-13(16)12-6-4-11(5-7-12)8-9-14;/h4-7H,2-3,8-10,14H2,1H3,(H,15,16);1H. The van der Waals surface area contributed by atoms with Crippen molar-refractivity contribution in [3.05, 3.63) is 35.4 Å². The summed E-state index contributed by atoms with van der Waals surface area (Å²) in [5.74, 6) is 0.00717. The van der Waals surface area contributed by atoms with Gasteiger partial charge in [-0.2, -0.15) is 0 Å². The number of nitrogens with one attached hydrogen (secondary N) is 1. The van der Waals surface area contributed by atoms with Crippen molar-refractivity contribution in [2.45, 2.75) is 26.2 Å². The number of amides is 1. The molecule has 0 radical (unpaired) electrons. The first-order valence-electron chi connectivity index (χ1n) is 5.85. The topological polar surface area (TPSA) is 55.1 Å². The first-order chi connectivity index (χ1) is 7.77. The lowest BCUT2D eigenvalue weighted by Gasteiger charge is -2.05. The maximum Gasteiger partial charge on any atom is 0.251 e. The third-order valence-electron chi connectivity index (χ3n) is 2.47. The predicted octanol–water partition coefficient (Wildman–Crippen LogP) is 2.14. The zero-order chi connectivity index (χ0) is 11.8. The van der Waals surface area contributed by atoms with Crippen molar-refractivity contribution in [1.82, 2.24) is 5.32 Å². The molecule has 96 valence electrons. The molecule has 17 heavy (non-hydrogen) atoms. The summed E-state index contributed by atoms with van der Waals surface area (Å²) in [5.41, 5.74) is 7.35. The van der Waals surface area contributed by atoms with Crippen molar-refractivity contribution in [3.8, 4) is 0 Å². The molecule has 0 atom stereocenters. The highest BCUT2D eigenvalue weighted by atomic mass is 35.5. The van der Waals surface area contributed by atoms with Gasteiger partial charge in [-0.1, -0.05) is 25.5 Å². The molecule has 0 saturated carbocycles. The molecule has 0 aliphatic rings. The summed E-state index contributed by atoms with van der Waals surface area (Å²) in [6, 6.07) is 7.63. The van der Waals surface area contributed by atoms with E-state index in [1.807, 2.05) is 24.3 Å². The number of carbonyl (C=O) groups excluding carboxylic acids is 1. The molecule has 3 N–H and O–H groups in total. The Morgan fingerprint density at radius 1 is 1.29 bits per heavy atom. The molecule has 0 saturated heterocycles. The van der Waals surface area contributed by atoms with Crippen molar-refractivity contribution in [2.24, 2.45) is 5.73 Å². The van der Waals surface area contributed by atoms with Crippen LogP contribution in [0.25, 0.3) is 0 Å². The minimum absolute atomic E-state index is 0. The molecule has 0 heterocycles. The number of nitrogens with two attached hydrogens (primary N) is 1. The highest BCUT2D eigenvalue weighted by Gasteiger charge is 2.03. The van der Waals surface area contributed by atoms with Crippen LogP contribution in [0.5, 0.6) is 0 Å². The highest BCUT2D eigenvalue weighted by molar-refractivity contribution is 5.94. The Morgan fingerprint density at radius 3 is 2.47 bits per heavy atom. The van der Waals surface area contributed by atoms with Crippen LogP contribution in [0.3, 0.4) is 0 Å². The van der Waals surface area contributed by atoms with Gasteiger partial charge in [-0.05, 0) is 37.1 Å². The molecule has 0 spiro atoms. The predicted molar refractivity (Wildman–Crippen MR) is 73.7 cm³/mol. The Bertz CT molecular complexity index is 325. The lowest BCUT2D eigenvalue weighted by molar-refractivity contribution is 0.0953. The Morgan fingerprint density at radius 2 is 1.94 bits per heavy atom. The van der Waals surface area contributed by atoms with E-state index in [2.05, 4.69) is 12.2 Å². The molecule has 0 fully saturated rings. The van der Waals surface area contributed by atoms with Crippen LogP contribution in [0, 0.1) is 0 Å². The lowest BCUT2D eigenvalue weighted by atomic mass is 10.1. The summed E-state index contributed by atoms with van der Waals surface area (Å²) in [7, 11) is 0. The number of hydrogen-bond donors (Lipinski definition) is 2. The number of halogens is 1.